The summed E-state index contributed by atoms with van der Waals surface area (Å²) in [7, 11) is 0. The van der Waals surface area contributed by atoms with Crippen LogP contribution in [-0.4, -0.2) is 0 Å². The standard InChI is InChI=1S/C16H16Br2O/c1-11-5-3-6-12(2)14(11)10-19-16-13(9-17)7-4-8-15(16)18/h3-8H,9-10H2,1-2H3. The fraction of sp³-hybridized carbons (Fsp3) is 0.250. The second-order valence-corrected chi connectivity index (χ2v) is 5.94. The number of rotatable bonds is 4. The van der Waals surface area contributed by atoms with Gasteiger partial charge in [-0.25, -0.2) is 0 Å². The zero-order valence-electron chi connectivity index (χ0n) is 11.0. The van der Waals surface area contributed by atoms with Gasteiger partial charge in [0.2, 0.25) is 0 Å². The summed E-state index contributed by atoms with van der Waals surface area (Å²) in [6.45, 7) is 4.84. The minimum Gasteiger partial charge on any atom is -0.487 e. The number of ether oxygens (including phenoxy) is 1. The molecule has 0 saturated heterocycles. The highest BCUT2D eigenvalue weighted by atomic mass is 79.9. The molecule has 0 radical (unpaired) electrons. The Kier molecular flexibility index (Phi) is 5.06. The monoisotopic (exact) mass is 382 g/mol. The van der Waals surface area contributed by atoms with Crippen LogP contribution in [0.3, 0.4) is 0 Å². The van der Waals surface area contributed by atoms with Crippen molar-refractivity contribution in [2.75, 3.05) is 0 Å². The molecule has 100 valence electrons. The van der Waals surface area contributed by atoms with E-state index in [1.807, 2.05) is 12.1 Å². The van der Waals surface area contributed by atoms with Gasteiger partial charge in [-0.1, -0.05) is 46.3 Å². The third-order valence-electron chi connectivity index (χ3n) is 3.20. The molecule has 0 aliphatic rings. The molecule has 0 unspecified atom stereocenters. The highest BCUT2D eigenvalue weighted by Gasteiger charge is 2.09. The van der Waals surface area contributed by atoms with Gasteiger partial charge in [-0.2, -0.15) is 0 Å². The van der Waals surface area contributed by atoms with Gasteiger partial charge in [-0.3, -0.25) is 0 Å². The maximum Gasteiger partial charge on any atom is 0.138 e. The highest BCUT2D eigenvalue weighted by Crippen LogP contribution is 2.31. The van der Waals surface area contributed by atoms with Crippen molar-refractivity contribution < 1.29 is 4.74 Å². The minimum atomic E-state index is 0.598. The topological polar surface area (TPSA) is 9.23 Å². The summed E-state index contributed by atoms with van der Waals surface area (Å²) in [5, 5.41) is 0.786. The Hall–Kier alpha value is -0.800. The summed E-state index contributed by atoms with van der Waals surface area (Å²) in [6, 6.07) is 12.4. The van der Waals surface area contributed by atoms with Gasteiger partial charge in [0.15, 0.2) is 0 Å². The molecule has 0 atom stereocenters. The van der Waals surface area contributed by atoms with Gasteiger partial charge in [0.1, 0.15) is 12.4 Å². The van der Waals surface area contributed by atoms with E-state index in [9.17, 15) is 0 Å². The van der Waals surface area contributed by atoms with Crippen molar-refractivity contribution in [2.45, 2.75) is 25.8 Å². The average Bonchev–Trinajstić information content (AvgIpc) is 2.39. The van der Waals surface area contributed by atoms with Crippen LogP contribution in [0, 0.1) is 13.8 Å². The van der Waals surface area contributed by atoms with Crippen LogP contribution < -0.4 is 4.74 Å². The van der Waals surface area contributed by atoms with Crippen molar-refractivity contribution in [1.82, 2.24) is 0 Å². The van der Waals surface area contributed by atoms with Crippen molar-refractivity contribution >= 4 is 31.9 Å². The molecule has 0 N–H and O–H groups in total. The molecular formula is C16H16Br2O. The first-order valence-corrected chi connectivity index (χ1v) is 8.06. The van der Waals surface area contributed by atoms with Crippen LogP contribution >= 0.6 is 31.9 Å². The summed E-state index contributed by atoms with van der Waals surface area (Å²) in [6.07, 6.45) is 0. The molecule has 0 spiro atoms. The predicted molar refractivity (Wildman–Crippen MR) is 87.0 cm³/mol. The van der Waals surface area contributed by atoms with Crippen molar-refractivity contribution in [3.63, 3.8) is 0 Å². The first kappa shape index (κ1) is 14.6. The maximum atomic E-state index is 6.03. The molecular weight excluding hydrogens is 368 g/mol. The van der Waals surface area contributed by atoms with Gasteiger partial charge in [-0.05, 0) is 52.5 Å². The number of halogens is 2. The van der Waals surface area contributed by atoms with E-state index in [0.717, 1.165) is 21.1 Å². The van der Waals surface area contributed by atoms with Gasteiger partial charge < -0.3 is 4.74 Å². The Morgan fingerprint density at radius 3 is 2.26 bits per heavy atom. The van der Waals surface area contributed by atoms with E-state index in [2.05, 4.69) is 70.0 Å². The Bertz CT molecular complexity index is 559. The molecule has 0 fully saturated rings. The molecule has 2 rings (SSSR count). The lowest BCUT2D eigenvalue weighted by molar-refractivity contribution is 0.300. The lowest BCUT2D eigenvalue weighted by Gasteiger charge is -2.15. The molecule has 1 nitrogen and oxygen atoms in total. The third kappa shape index (κ3) is 3.40. The van der Waals surface area contributed by atoms with Gasteiger partial charge in [0, 0.05) is 10.9 Å². The molecule has 3 heteroatoms. The van der Waals surface area contributed by atoms with E-state index in [4.69, 9.17) is 4.74 Å². The molecule has 0 aliphatic carbocycles. The van der Waals surface area contributed by atoms with Crippen molar-refractivity contribution in [1.29, 1.82) is 0 Å². The van der Waals surface area contributed by atoms with Crippen LogP contribution in [-0.2, 0) is 11.9 Å². The Labute approximate surface area is 131 Å². The van der Waals surface area contributed by atoms with E-state index in [1.54, 1.807) is 0 Å². The second kappa shape index (κ2) is 6.58. The summed E-state index contributed by atoms with van der Waals surface area (Å²) < 4.78 is 7.03. The smallest absolute Gasteiger partial charge is 0.138 e. The molecule has 0 aliphatic heterocycles. The van der Waals surface area contributed by atoms with E-state index in [1.165, 1.54) is 16.7 Å². The molecule has 2 aromatic carbocycles. The molecule has 0 heterocycles. The van der Waals surface area contributed by atoms with Gasteiger partial charge in [-0.15, -0.1) is 0 Å². The summed E-state index contributed by atoms with van der Waals surface area (Å²) in [5.41, 5.74) is 4.96. The van der Waals surface area contributed by atoms with Crippen molar-refractivity contribution in [2.24, 2.45) is 0 Å². The summed E-state index contributed by atoms with van der Waals surface area (Å²) in [4.78, 5) is 0. The lowest BCUT2D eigenvalue weighted by Crippen LogP contribution is -2.02. The van der Waals surface area contributed by atoms with Crippen LogP contribution in [0.5, 0.6) is 5.75 Å². The highest BCUT2D eigenvalue weighted by molar-refractivity contribution is 9.10. The average molecular weight is 384 g/mol. The zero-order chi connectivity index (χ0) is 13.8. The first-order valence-electron chi connectivity index (χ1n) is 6.14. The minimum absolute atomic E-state index is 0.598. The SMILES string of the molecule is Cc1cccc(C)c1COc1c(Br)cccc1CBr. The number of para-hydroxylation sites is 1. The van der Waals surface area contributed by atoms with E-state index in [0.29, 0.717) is 6.61 Å². The number of hydrogen-bond acceptors (Lipinski definition) is 1. The largest absolute Gasteiger partial charge is 0.487 e. The van der Waals surface area contributed by atoms with Gasteiger partial charge >= 0.3 is 0 Å². The maximum absolute atomic E-state index is 6.03. The summed E-state index contributed by atoms with van der Waals surface area (Å²) >= 11 is 7.05. The Morgan fingerprint density at radius 1 is 1.00 bits per heavy atom. The molecule has 0 aromatic heterocycles. The Balaban J connectivity index is 2.24. The van der Waals surface area contributed by atoms with Crippen molar-refractivity contribution in [3.05, 3.63) is 63.1 Å². The second-order valence-electron chi connectivity index (χ2n) is 4.52. The fourth-order valence-corrected chi connectivity index (χ4v) is 3.00. The normalized spacial score (nSPS) is 10.5. The number of aryl methyl sites for hydroxylation is 2. The van der Waals surface area contributed by atoms with Crippen molar-refractivity contribution in [3.8, 4) is 5.75 Å². The zero-order valence-corrected chi connectivity index (χ0v) is 14.2. The first-order chi connectivity index (χ1) is 9.13. The van der Waals surface area contributed by atoms with Crippen LogP contribution in [0.4, 0.5) is 0 Å². The number of hydrogen-bond donors (Lipinski definition) is 0. The molecule has 0 saturated carbocycles. The molecule has 0 amide bonds. The Morgan fingerprint density at radius 2 is 1.63 bits per heavy atom. The number of alkyl halides is 1. The van der Waals surface area contributed by atoms with Gasteiger partial charge in [0.25, 0.3) is 0 Å². The van der Waals surface area contributed by atoms with Crippen LogP contribution in [0.15, 0.2) is 40.9 Å². The van der Waals surface area contributed by atoms with E-state index >= 15 is 0 Å². The predicted octanol–water partition coefficient (Wildman–Crippen LogP) is 5.54. The van der Waals surface area contributed by atoms with Crippen LogP contribution in [0.25, 0.3) is 0 Å². The third-order valence-corrected chi connectivity index (χ3v) is 4.43. The molecule has 19 heavy (non-hydrogen) atoms. The van der Waals surface area contributed by atoms with Crippen LogP contribution in [0.1, 0.15) is 22.3 Å². The van der Waals surface area contributed by atoms with E-state index in [-0.39, 0.29) is 0 Å². The fourth-order valence-electron chi connectivity index (χ4n) is 2.04. The molecule has 0 bridgehead atoms. The van der Waals surface area contributed by atoms with Crippen LogP contribution in [0.2, 0.25) is 0 Å². The summed E-state index contributed by atoms with van der Waals surface area (Å²) in [5.74, 6) is 0.919. The number of benzene rings is 2. The van der Waals surface area contributed by atoms with E-state index < -0.39 is 0 Å². The quantitative estimate of drug-likeness (QED) is 0.629. The molecule has 2 aromatic rings. The van der Waals surface area contributed by atoms with Gasteiger partial charge in [0.05, 0.1) is 4.47 Å². The lowest BCUT2D eigenvalue weighted by atomic mass is 10.0.